The predicted molar refractivity (Wildman–Crippen MR) is 106 cm³/mol. The number of amides is 1. The molecule has 2 aliphatic rings. The predicted octanol–water partition coefficient (Wildman–Crippen LogP) is 5.00. The maximum absolute atomic E-state index is 12.5. The first-order valence-corrected chi connectivity index (χ1v) is 10.2. The van der Waals surface area contributed by atoms with Gasteiger partial charge in [0, 0.05) is 22.8 Å². The van der Waals surface area contributed by atoms with Crippen molar-refractivity contribution in [2.45, 2.75) is 38.3 Å². The van der Waals surface area contributed by atoms with Gasteiger partial charge in [0.25, 0.3) is 5.91 Å². The number of carbonyl (C=O) groups is 1. The van der Waals surface area contributed by atoms with E-state index in [2.05, 4.69) is 17.2 Å². The summed E-state index contributed by atoms with van der Waals surface area (Å²) in [6.07, 6.45) is 4.79. The fraction of sp³-hybridized carbons (Fsp3) is 0.429. The number of nitrogens with zero attached hydrogens (tertiary/aromatic N) is 1. The van der Waals surface area contributed by atoms with Crippen molar-refractivity contribution in [3.8, 4) is 5.75 Å². The Morgan fingerprint density at radius 3 is 2.56 bits per heavy atom. The van der Waals surface area contributed by atoms with Crippen LogP contribution in [-0.4, -0.2) is 23.0 Å². The van der Waals surface area contributed by atoms with E-state index in [1.54, 1.807) is 30.5 Å². The van der Waals surface area contributed by atoms with Crippen LogP contribution in [-0.2, 0) is 0 Å². The number of pyridine rings is 1. The molecule has 1 N–H and O–H groups in total. The van der Waals surface area contributed by atoms with Gasteiger partial charge in [0.05, 0.1) is 6.10 Å². The Labute approximate surface area is 169 Å². The van der Waals surface area contributed by atoms with Gasteiger partial charge in [0.15, 0.2) is 10.9 Å². The number of halogens is 2. The molecule has 1 heterocycles. The molecule has 2 aromatic rings. The summed E-state index contributed by atoms with van der Waals surface area (Å²) >= 11 is 12.0. The summed E-state index contributed by atoms with van der Waals surface area (Å²) < 4.78 is 6.04. The maximum Gasteiger partial charge on any atom is 0.251 e. The molecular formula is C21H22Cl2N2O2. The summed E-state index contributed by atoms with van der Waals surface area (Å²) in [7, 11) is 0. The van der Waals surface area contributed by atoms with E-state index < -0.39 is 0 Å². The molecule has 1 aromatic carbocycles. The van der Waals surface area contributed by atoms with Gasteiger partial charge in [-0.25, -0.2) is 4.98 Å². The van der Waals surface area contributed by atoms with Crippen molar-refractivity contribution in [3.05, 3.63) is 58.3 Å². The number of hydrogen-bond donors (Lipinski definition) is 1. The van der Waals surface area contributed by atoms with Crippen molar-refractivity contribution in [3.63, 3.8) is 0 Å². The summed E-state index contributed by atoms with van der Waals surface area (Å²) in [5, 5.41) is 4.26. The summed E-state index contributed by atoms with van der Waals surface area (Å²) in [4.78, 5) is 16.6. The zero-order valence-electron chi connectivity index (χ0n) is 15.1. The van der Waals surface area contributed by atoms with Crippen LogP contribution in [0.1, 0.15) is 36.5 Å². The molecule has 0 aliphatic heterocycles. The smallest absolute Gasteiger partial charge is 0.251 e. The number of hydrogen-bond acceptors (Lipinski definition) is 3. The molecule has 0 saturated heterocycles. The van der Waals surface area contributed by atoms with E-state index in [0.717, 1.165) is 19.3 Å². The lowest BCUT2D eigenvalue weighted by Gasteiger charge is -2.22. The van der Waals surface area contributed by atoms with Crippen LogP contribution in [0, 0.1) is 17.8 Å². The number of rotatable bonds is 6. The van der Waals surface area contributed by atoms with Crippen LogP contribution in [0.3, 0.4) is 0 Å². The van der Waals surface area contributed by atoms with Crippen molar-refractivity contribution in [1.82, 2.24) is 10.3 Å². The van der Waals surface area contributed by atoms with Crippen LogP contribution in [0.5, 0.6) is 5.75 Å². The zero-order chi connectivity index (χ0) is 19.0. The van der Waals surface area contributed by atoms with Crippen molar-refractivity contribution in [1.29, 1.82) is 0 Å². The largest absolute Gasteiger partial charge is 0.487 e. The van der Waals surface area contributed by atoms with Gasteiger partial charge in [-0.3, -0.25) is 4.79 Å². The van der Waals surface area contributed by atoms with Gasteiger partial charge in [-0.1, -0.05) is 30.1 Å². The lowest BCUT2D eigenvalue weighted by Crippen LogP contribution is -2.37. The van der Waals surface area contributed by atoms with Gasteiger partial charge in [-0.15, -0.1) is 0 Å². The van der Waals surface area contributed by atoms with Crippen molar-refractivity contribution in [2.24, 2.45) is 17.8 Å². The Hall–Kier alpha value is -1.78. The molecule has 4 nitrogen and oxygen atoms in total. The molecule has 2 fully saturated rings. The minimum atomic E-state index is -0.0292. The molecule has 3 unspecified atom stereocenters. The maximum atomic E-state index is 12.5. The first-order valence-electron chi connectivity index (χ1n) is 9.40. The Bertz CT molecular complexity index is 815. The summed E-state index contributed by atoms with van der Waals surface area (Å²) in [6, 6.07) is 10.9. The minimum Gasteiger partial charge on any atom is -0.487 e. The first kappa shape index (κ1) is 18.6. The molecule has 0 spiro atoms. The number of carbonyl (C=O) groups excluding carboxylic acids is 1. The highest BCUT2D eigenvalue weighted by molar-refractivity contribution is 6.31. The molecule has 2 saturated carbocycles. The van der Waals surface area contributed by atoms with Gasteiger partial charge in [-0.05, 0) is 73.4 Å². The second-order valence-corrected chi connectivity index (χ2v) is 8.20. The third kappa shape index (κ3) is 3.92. The lowest BCUT2D eigenvalue weighted by molar-refractivity contribution is 0.0924. The van der Waals surface area contributed by atoms with Crippen LogP contribution in [0.2, 0.25) is 10.2 Å². The van der Waals surface area contributed by atoms with E-state index in [0.29, 0.717) is 39.2 Å². The second-order valence-electron chi connectivity index (χ2n) is 7.40. The van der Waals surface area contributed by atoms with Crippen LogP contribution in [0.15, 0.2) is 42.6 Å². The average molecular weight is 405 g/mol. The Morgan fingerprint density at radius 2 is 1.93 bits per heavy atom. The third-order valence-electron chi connectivity index (χ3n) is 5.81. The van der Waals surface area contributed by atoms with E-state index in [-0.39, 0.29) is 18.1 Å². The fourth-order valence-corrected chi connectivity index (χ4v) is 4.79. The zero-order valence-corrected chi connectivity index (χ0v) is 16.6. The molecule has 6 heteroatoms. The third-order valence-corrected chi connectivity index (χ3v) is 6.35. The molecule has 27 heavy (non-hydrogen) atoms. The van der Waals surface area contributed by atoms with E-state index in [4.69, 9.17) is 27.9 Å². The molecule has 0 radical (unpaired) electrons. The number of aromatic nitrogens is 1. The molecule has 1 aromatic heterocycles. The van der Waals surface area contributed by atoms with Crippen LogP contribution in [0.4, 0.5) is 0 Å². The summed E-state index contributed by atoms with van der Waals surface area (Å²) in [6.45, 7) is 2.13. The normalized spacial score (nSPS) is 26.9. The second kappa shape index (κ2) is 7.69. The molecule has 4 rings (SSSR count). The number of benzene rings is 1. The van der Waals surface area contributed by atoms with Crippen LogP contribution in [0.25, 0.3) is 0 Å². The minimum absolute atomic E-state index is 0.0292. The Balaban J connectivity index is 1.32. The van der Waals surface area contributed by atoms with E-state index in [9.17, 15) is 4.79 Å². The van der Waals surface area contributed by atoms with Crippen LogP contribution < -0.4 is 10.1 Å². The Morgan fingerprint density at radius 1 is 1.22 bits per heavy atom. The SMILES string of the molecule is CCC(NC(=O)c1ccc(Cl)cc1)C1C2CC(Oc3cccnc3Cl)CC21. The van der Waals surface area contributed by atoms with Gasteiger partial charge >= 0.3 is 0 Å². The van der Waals surface area contributed by atoms with Gasteiger partial charge in [0.1, 0.15) is 0 Å². The molecule has 1 amide bonds. The van der Waals surface area contributed by atoms with E-state index in [1.165, 1.54) is 0 Å². The van der Waals surface area contributed by atoms with Crippen molar-refractivity contribution in [2.75, 3.05) is 0 Å². The highest BCUT2D eigenvalue weighted by Gasteiger charge is 2.59. The summed E-state index contributed by atoms with van der Waals surface area (Å²) in [5.74, 6) is 2.39. The topological polar surface area (TPSA) is 51.2 Å². The van der Waals surface area contributed by atoms with Crippen molar-refractivity contribution >= 4 is 29.1 Å². The number of nitrogens with one attached hydrogen (secondary N) is 1. The first-order chi connectivity index (χ1) is 13.1. The fourth-order valence-electron chi connectivity index (χ4n) is 4.50. The standard InChI is InChI=1S/C21H22Cl2N2O2/c1-2-17(25-21(26)12-5-7-13(22)8-6-12)19-15-10-14(11-16(15)19)27-18-4-3-9-24-20(18)23/h3-9,14-17,19H,2,10-11H2,1H3,(H,25,26). The molecule has 0 bridgehead atoms. The average Bonchev–Trinajstić information content (AvgIpc) is 3.16. The monoisotopic (exact) mass is 404 g/mol. The van der Waals surface area contributed by atoms with Crippen LogP contribution >= 0.6 is 23.2 Å². The molecule has 142 valence electrons. The van der Waals surface area contributed by atoms with E-state index in [1.807, 2.05) is 12.1 Å². The lowest BCUT2D eigenvalue weighted by atomic mass is 10.00. The highest BCUT2D eigenvalue weighted by Crippen LogP contribution is 2.60. The number of fused-ring (bicyclic) bond motifs is 1. The molecule has 3 atom stereocenters. The highest BCUT2D eigenvalue weighted by atomic mass is 35.5. The number of ether oxygens (including phenoxy) is 1. The molecule has 2 aliphatic carbocycles. The summed E-state index contributed by atoms with van der Waals surface area (Å²) in [5.41, 5.74) is 0.649. The van der Waals surface area contributed by atoms with Gasteiger partial charge < -0.3 is 10.1 Å². The molecular weight excluding hydrogens is 383 g/mol. The quantitative estimate of drug-likeness (QED) is 0.688. The van der Waals surface area contributed by atoms with E-state index >= 15 is 0 Å². The van der Waals surface area contributed by atoms with Gasteiger partial charge in [0.2, 0.25) is 0 Å². The van der Waals surface area contributed by atoms with Crippen molar-refractivity contribution < 1.29 is 9.53 Å². The Kier molecular flexibility index (Phi) is 5.29. The van der Waals surface area contributed by atoms with Gasteiger partial charge in [-0.2, -0.15) is 0 Å².